The number of likely N-dealkylation sites (N-methyl/N-ethyl adjacent to an activating group) is 1. The standard InChI is InChI=1S/C23H24N4O3/c1-24-12-14-25(15-13-24)20(28)10-11-26-21-16-6-2-3-7-17(16)23(30)27(21)19-9-5-4-8-18(19)22(26)29/h2-9,21H,10-15H2,1H3/t21-/m0/s1. The molecule has 1 fully saturated rings. The lowest BCUT2D eigenvalue weighted by Gasteiger charge is -2.41. The van der Waals surface area contributed by atoms with Crippen molar-refractivity contribution in [3.05, 3.63) is 65.2 Å². The van der Waals surface area contributed by atoms with E-state index < -0.39 is 6.17 Å². The van der Waals surface area contributed by atoms with Crippen molar-refractivity contribution in [2.45, 2.75) is 12.6 Å². The molecule has 2 aromatic rings. The molecule has 7 nitrogen and oxygen atoms in total. The van der Waals surface area contributed by atoms with Crippen molar-refractivity contribution >= 4 is 23.4 Å². The molecule has 3 amide bonds. The van der Waals surface area contributed by atoms with E-state index >= 15 is 0 Å². The molecule has 0 radical (unpaired) electrons. The maximum absolute atomic E-state index is 13.4. The van der Waals surface area contributed by atoms with Crippen LogP contribution < -0.4 is 4.90 Å². The Hall–Kier alpha value is -3.19. The van der Waals surface area contributed by atoms with E-state index in [1.165, 1.54) is 0 Å². The van der Waals surface area contributed by atoms with Crippen molar-refractivity contribution < 1.29 is 14.4 Å². The van der Waals surface area contributed by atoms with E-state index in [9.17, 15) is 14.4 Å². The minimum atomic E-state index is -0.503. The predicted octanol–water partition coefficient (Wildman–Crippen LogP) is 1.97. The van der Waals surface area contributed by atoms with Crippen molar-refractivity contribution in [1.29, 1.82) is 0 Å². The van der Waals surface area contributed by atoms with Gasteiger partial charge < -0.3 is 14.7 Å². The van der Waals surface area contributed by atoms with Crippen LogP contribution in [0.3, 0.4) is 0 Å². The number of fused-ring (bicyclic) bond motifs is 5. The van der Waals surface area contributed by atoms with Gasteiger partial charge in [-0.15, -0.1) is 0 Å². The highest BCUT2D eigenvalue weighted by Crippen LogP contribution is 2.45. The van der Waals surface area contributed by atoms with Gasteiger partial charge >= 0.3 is 0 Å². The van der Waals surface area contributed by atoms with Gasteiger partial charge in [-0.3, -0.25) is 19.3 Å². The Morgan fingerprint density at radius 2 is 1.57 bits per heavy atom. The number of piperazine rings is 1. The van der Waals surface area contributed by atoms with Gasteiger partial charge in [-0.2, -0.15) is 0 Å². The number of para-hydroxylation sites is 1. The quantitative estimate of drug-likeness (QED) is 0.785. The molecule has 3 aliphatic heterocycles. The van der Waals surface area contributed by atoms with Crippen LogP contribution in [-0.4, -0.2) is 72.2 Å². The summed E-state index contributed by atoms with van der Waals surface area (Å²) in [4.78, 5) is 46.8. The highest BCUT2D eigenvalue weighted by Gasteiger charge is 2.47. The molecule has 0 aliphatic carbocycles. The fraction of sp³-hybridized carbons (Fsp3) is 0.348. The zero-order chi connectivity index (χ0) is 20.8. The Kier molecular flexibility index (Phi) is 4.55. The van der Waals surface area contributed by atoms with E-state index in [0.717, 1.165) is 18.7 Å². The molecule has 3 aliphatic rings. The second kappa shape index (κ2) is 7.25. The lowest BCUT2D eigenvalue weighted by molar-refractivity contribution is -0.133. The summed E-state index contributed by atoms with van der Waals surface area (Å²) in [5, 5.41) is 0. The van der Waals surface area contributed by atoms with E-state index in [0.29, 0.717) is 29.9 Å². The third-order valence-electron chi connectivity index (χ3n) is 6.31. The number of hydrogen-bond acceptors (Lipinski definition) is 4. The first-order chi connectivity index (χ1) is 14.6. The van der Waals surface area contributed by atoms with E-state index in [1.54, 1.807) is 28.0 Å². The number of nitrogens with zero attached hydrogens (tertiary/aromatic N) is 4. The lowest BCUT2D eigenvalue weighted by Crippen LogP contribution is -2.50. The van der Waals surface area contributed by atoms with Crippen LogP contribution in [0.1, 0.15) is 38.9 Å². The predicted molar refractivity (Wildman–Crippen MR) is 112 cm³/mol. The van der Waals surface area contributed by atoms with Gasteiger partial charge in [0.2, 0.25) is 5.91 Å². The SMILES string of the molecule is CN1CCN(C(=O)CCN2C(=O)c3ccccc3N3C(=O)c4ccccc4[C@@H]23)CC1. The van der Waals surface area contributed by atoms with Crippen LogP contribution in [-0.2, 0) is 4.79 Å². The van der Waals surface area contributed by atoms with E-state index in [2.05, 4.69) is 11.9 Å². The average Bonchev–Trinajstić information content (AvgIpc) is 3.07. The highest BCUT2D eigenvalue weighted by atomic mass is 16.2. The molecule has 3 heterocycles. The summed E-state index contributed by atoms with van der Waals surface area (Å²) >= 11 is 0. The summed E-state index contributed by atoms with van der Waals surface area (Å²) in [5.41, 5.74) is 2.57. The number of amides is 3. The van der Waals surface area contributed by atoms with Gasteiger partial charge in [-0.25, -0.2) is 0 Å². The molecular formula is C23H24N4O3. The number of rotatable bonds is 3. The maximum atomic E-state index is 13.4. The third kappa shape index (κ3) is 2.89. The summed E-state index contributed by atoms with van der Waals surface area (Å²) < 4.78 is 0. The highest BCUT2D eigenvalue weighted by molar-refractivity contribution is 6.16. The Bertz CT molecular complexity index is 1030. The van der Waals surface area contributed by atoms with Crippen LogP contribution in [0.25, 0.3) is 0 Å². The Morgan fingerprint density at radius 1 is 0.900 bits per heavy atom. The summed E-state index contributed by atoms with van der Waals surface area (Å²) in [7, 11) is 2.05. The molecular weight excluding hydrogens is 380 g/mol. The first-order valence-corrected chi connectivity index (χ1v) is 10.3. The van der Waals surface area contributed by atoms with Crippen LogP contribution in [0, 0.1) is 0 Å². The van der Waals surface area contributed by atoms with E-state index in [-0.39, 0.29) is 30.7 Å². The first kappa shape index (κ1) is 18.8. The maximum Gasteiger partial charge on any atom is 0.260 e. The minimum Gasteiger partial charge on any atom is -0.340 e. The average molecular weight is 404 g/mol. The number of carbonyl (C=O) groups is 3. The summed E-state index contributed by atoms with van der Waals surface area (Å²) in [5.74, 6) is -0.188. The van der Waals surface area contributed by atoms with Gasteiger partial charge in [0.05, 0.1) is 11.3 Å². The minimum absolute atomic E-state index is 0.0546. The molecule has 0 aromatic heterocycles. The number of hydrogen-bond donors (Lipinski definition) is 0. The smallest absolute Gasteiger partial charge is 0.260 e. The van der Waals surface area contributed by atoms with Crippen molar-refractivity contribution in [3.8, 4) is 0 Å². The van der Waals surface area contributed by atoms with Crippen molar-refractivity contribution in [2.24, 2.45) is 0 Å². The Morgan fingerprint density at radius 3 is 2.33 bits per heavy atom. The molecule has 0 unspecified atom stereocenters. The third-order valence-corrected chi connectivity index (χ3v) is 6.31. The first-order valence-electron chi connectivity index (χ1n) is 10.3. The van der Waals surface area contributed by atoms with Crippen molar-refractivity contribution in [3.63, 3.8) is 0 Å². The fourth-order valence-electron chi connectivity index (χ4n) is 4.63. The van der Waals surface area contributed by atoms with Crippen LogP contribution in [0.4, 0.5) is 5.69 Å². The fourth-order valence-corrected chi connectivity index (χ4v) is 4.63. The Labute approximate surface area is 175 Å². The number of benzene rings is 2. The molecule has 2 aromatic carbocycles. The largest absolute Gasteiger partial charge is 0.340 e. The number of carbonyl (C=O) groups excluding carboxylic acids is 3. The summed E-state index contributed by atoms with van der Waals surface area (Å²) in [6, 6.07) is 14.6. The number of anilines is 1. The normalized spacial score (nSPS) is 20.8. The van der Waals surface area contributed by atoms with Crippen LogP contribution >= 0.6 is 0 Å². The lowest BCUT2D eigenvalue weighted by atomic mass is 10.0. The Balaban J connectivity index is 1.45. The van der Waals surface area contributed by atoms with Crippen LogP contribution in [0.5, 0.6) is 0 Å². The topological polar surface area (TPSA) is 64.2 Å². The molecule has 1 saturated heterocycles. The molecule has 7 heteroatoms. The molecule has 154 valence electrons. The molecule has 5 rings (SSSR count). The molecule has 0 N–H and O–H groups in total. The molecule has 0 spiro atoms. The summed E-state index contributed by atoms with van der Waals surface area (Å²) in [6.45, 7) is 3.42. The molecule has 0 bridgehead atoms. The van der Waals surface area contributed by atoms with Gasteiger partial charge in [0.1, 0.15) is 6.17 Å². The zero-order valence-electron chi connectivity index (χ0n) is 17.0. The summed E-state index contributed by atoms with van der Waals surface area (Å²) in [6.07, 6.45) is -0.255. The second-order valence-electron chi connectivity index (χ2n) is 8.09. The molecule has 30 heavy (non-hydrogen) atoms. The van der Waals surface area contributed by atoms with Gasteiger partial charge in [0.25, 0.3) is 11.8 Å². The zero-order valence-corrected chi connectivity index (χ0v) is 17.0. The van der Waals surface area contributed by atoms with E-state index in [1.807, 2.05) is 35.2 Å². The monoisotopic (exact) mass is 404 g/mol. The van der Waals surface area contributed by atoms with Crippen LogP contribution in [0.15, 0.2) is 48.5 Å². The van der Waals surface area contributed by atoms with Gasteiger partial charge in [0.15, 0.2) is 0 Å². The van der Waals surface area contributed by atoms with Gasteiger partial charge in [-0.1, -0.05) is 30.3 Å². The van der Waals surface area contributed by atoms with Gasteiger partial charge in [0, 0.05) is 50.3 Å². The second-order valence-corrected chi connectivity index (χ2v) is 8.09. The molecule has 0 saturated carbocycles. The van der Waals surface area contributed by atoms with Crippen molar-refractivity contribution in [2.75, 3.05) is 44.7 Å². The molecule has 1 atom stereocenters. The van der Waals surface area contributed by atoms with Gasteiger partial charge in [-0.05, 0) is 25.2 Å². The van der Waals surface area contributed by atoms with Crippen molar-refractivity contribution in [1.82, 2.24) is 14.7 Å². The van der Waals surface area contributed by atoms with Crippen LogP contribution in [0.2, 0.25) is 0 Å². The van der Waals surface area contributed by atoms with E-state index in [4.69, 9.17) is 0 Å².